The summed E-state index contributed by atoms with van der Waals surface area (Å²) in [7, 11) is 2.96. The highest BCUT2D eigenvalue weighted by atomic mass is 16.7. The largest absolute Gasteiger partial charge is 0.508 e. The highest BCUT2D eigenvalue weighted by Crippen LogP contribution is 2.13. The predicted octanol–water partition coefficient (Wildman–Crippen LogP) is 0.914. The molecule has 0 amide bonds. The van der Waals surface area contributed by atoms with Gasteiger partial charge in [-0.05, 0) is 17.7 Å². The SMILES string of the molecule is COC(OC)C(O)Cc1ccc(O)cc1. The number of phenolic OH excluding ortho intramolecular Hbond substituents is 1. The molecule has 1 aromatic carbocycles. The summed E-state index contributed by atoms with van der Waals surface area (Å²) in [6.45, 7) is 0. The van der Waals surface area contributed by atoms with Crippen LogP contribution in [-0.2, 0) is 15.9 Å². The Morgan fingerprint density at radius 3 is 2.13 bits per heavy atom. The maximum Gasteiger partial charge on any atom is 0.183 e. The van der Waals surface area contributed by atoms with Gasteiger partial charge in [0.05, 0.1) is 0 Å². The molecule has 0 saturated heterocycles. The first-order valence-corrected chi connectivity index (χ1v) is 4.69. The molecule has 1 atom stereocenters. The lowest BCUT2D eigenvalue weighted by atomic mass is 10.1. The van der Waals surface area contributed by atoms with Crippen molar-refractivity contribution in [3.8, 4) is 5.75 Å². The summed E-state index contributed by atoms with van der Waals surface area (Å²) in [4.78, 5) is 0. The zero-order valence-electron chi connectivity index (χ0n) is 8.88. The average Bonchev–Trinajstić information content (AvgIpc) is 2.23. The smallest absolute Gasteiger partial charge is 0.183 e. The van der Waals surface area contributed by atoms with Crippen molar-refractivity contribution in [3.63, 3.8) is 0 Å². The van der Waals surface area contributed by atoms with Crippen molar-refractivity contribution in [1.82, 2.24) is 0 Å². The van der Waals surface area contributed by atoms with Crippen LogP contribution in [0.4, 0.5) is 0 Å². The van der Waals surface area contributed by atoms with Crippen LogP contribution in [0.15, 0.2) is 24.3 Å². The zero-order valence-corrected chi connectivity index (χ0v) is 8.88. The van der Waals surface area contributed by atoms with Gasteiger partial charge in [-0.15, -0.1) is 0 Å². The lowest BCUT2D eigenvalue weighted by Gasteiger charge is -2.19. The normalized spacial score (nSPS) is 13.1. The molecule has 1 unspecified atom stereocenters. The Labute approximate surface area is 89.1 Å². The van der Waals surface area contributed by atoms with Gasteiger partial charge in [-0.2, -0.15) is 0 Å². The number of aliphatic hydroxyl groups excluding tert-OH is 1. The molecule has 0 fully saturated rings. The van der Waals surface area contributed by atoms with E-state index in [2.05, 4.69) is 0 Å². The third kappa shape index (κ3) is 3.51. The van der Waals surface area contributed by atoms with Crippen molar-refractivity contribution in [2.45, 2.75) is 18.8 Å². The Hall–Kier alpha value is -1.10. The minimum absolute atomic E-state index is 0.211. The Morgan fingerprint density at radius 1 is 1.13 bits per heavy atom. The van der Waals surface area contributed by atoms with Crippen molar-refractivity contribution in [2.24, 2.45) is 0 Å². The topological polar surface area (TPSA) is 58.9 Å². The first kappa shape index (κ1) is 12.0. The second-order valence-corrected chi connectivity index (χ2v) is 3.28. The van der Waals surface area contributed by atoms with E-state index in [0.717, 1.165) is 5.56 Å². The second-order valence-electron chi connectivity index (χ2n) is 3.28. The molecule has 1 aromatic rings. The number of hydrogen-bond acceptors (Lipinski definition) is 4. The molecule has 2 N–H and O–H groups in total. The van der Waals surface area contributed by atoms with Gasteiger partial charge in [-0.25, -0.2) is 0 Å². The molecule has 15 heavy (non-hydrogen) atoms. The van der Waals surface area contributed by atoms with Crippen LogP contribution in [0.5, 0.6) is 5.75 Å². The van der Waals surface area contributed by atoms with Crippen molar-refractivity contribution in [2.75, 3.05) is 14.2 Å². The molecular formula is C11H16O4. The number of phenols is 1. The maximum absolute atomic E-state index is 9.72. The van der Waals surface area contributed by atoms with E-state index >= 15 is 0 Å². The van der Waals surface area contributed by atoms with Gasteiger partial charge < -0.3 is 19.7 Å². The van der Waals surface area contributed by atoms with Gasteiger partial charge >= 0.3 is 0 Å². The molecule has 0 aliphatic rings. The van der Waals surface area contributed by atoms with Gasteiger partial charge in [0.15, 0.2) is 6.29 Å². The van der Waals surface area contributed by atoms with E-state index in [1.54, 1.807) is 24.3 Å². The minimum Gasteiger partial charge on any atom is -0.508 e. The first-order chi connectivity index (χ1) is 7.17. The van der Waals surface area contributed by atoms with Crippen LogP contribution >= 0.6 is 0 Å². The molecule has 4 nitrogen and oxygen atoms in total. The lowest BCUT2D eigenvalue weighted by molar-refractivity contribution is -0.163. The van der Waals surface area contributed by atoms with Crippen LogP contribution in [0.25, 0.3) is 0 Å². The summed E-state index contributed by atoms with van der Waals surface area (Å²) < 4.78 is 9.87. The molecule has 0 aliphatic heterocycles. The molecule has 84 valence electrons. The first-order valence-electron chi connectivity index (χ1n) is 4.69. The van der Waals surface area contributed by atoms with Gasteiger partial charge in [-0.3, -0.25) is 0 Å². The van der Waals surface area contributed by atoms with Crippen molar-refractivity contribution in [1.29, 1.82) is 0 Å². The summed E-state index contributed by atoms with van der Waals surface area (Å²) in [5.74, 6) is 0.211. The number of methoxy groups -OCH3 is 2. The van der Waals surface area contributed by atoms with Gasteiger partial charge in [-0.1, -0.05) is 12.1 Å². The van der Waals surface area contributed by atoms with Gasteiger partial charge in [0.25, 0.3) is 0 Å². The van der Waals surface area contributed by atoms with Crippen LogP contribution in [0.2, 0.25) is 0 Å². The quantitative estimate of drug-likeness (QED) is 0.712. The molecule has 0 bridgehead atoms. The van der Waals surface area contributed by atoms with E-state index in [4.69, 9.17) is 14.6 Å². The van der Waals surface area contributed by atoms with Crippen molar-refractivity contribution in [3.05, 3.63) is 29.8 Å². The fourth-order valence-electron chi connectivity index (χ4n) is 1.38. The third-order valence-corrected chi connectivity index (χ3v) is 2.16. The highest BCUT2D eigenvalue weighted by Gasteiger charge is 2.17. The summed E-state index contributed by atoms with van der Waals surface area (Å²) in [6, 6.07) is 6.66. The molecule has 0 saturated carbocycles. The Balaban J connectivity index is 2.57. The molecule has 0 heterocycles. The molecule has 0 spiro atoms. The Morgan fingerprint density at radius 2 is 1.67 bits per heavy atom. The fourth-order valence-corrected chi connectivity index (χ4v) is 1.38. The number of rotatable bonds is 5. The summed E-state index contributed by atoms with van der Waals surface area (Å²) >= 11 is 0. The summed E-state index contributed by atoms with van der Waals surface area (Å²) in [5.41, 5.74) is 0.916. The summed E-state index contributed by atoms with van der Waals surface area (Å²) in [5, 5.41) is 18.8. The van der Waals surface area contributed by atoms with E-state index in [1.165, 1.54) is 14.2 Å². The molecule has 0 aromatic heterocycles. The predicted molar refractivity (Wildman–Crippen MR) is 55.6 cm³/mol. The summed E-state index contributed by atoms with van der Waals surface area (Å²) in [6.07, 6.45) is -0.921. The molecule has 0 radical (unpaired) electrons. The van der Waals surface area contributed by atoms with Crippen molar-refractivity contribution < 1.29 is 19.7 Å². The maximum atomic E-state index is 9.72. The van der Waals surface area contributed by atoms with Crippen molar-refractivity contribution >= 4 is 0 Å². The van der Waals surface area contributed by atoms with Gasteiger partial charge in [0.1, 0.15) is 11.9 Å². The molecule has 4 heteroatoms. The standard InChI is InChI=1S/C11H16O4/c1-14-11(15-2)10(13)7-8-3-5-9(12)6-4-8/h3-6,10-13H,7H2,1-2H3. The molecular weight excluding hydrogens is 196 g/mol. The van der Waals surface area contributed by atoms with Crippen LogP contribution in [-0.4, -0.2) is 36.8 Å². The Bertz CT molecular complexity index is 279. The van der Waals surface area contributed by atoms with E-state index in [9.17, 15) is 5.11 Å². The second kappa shape index (κ2) is 5.70. The van der Waals surface area contributed by atoms with Crippen LogP contribution in [0.3, 0.4) is 0 Å². The van der Waals surface area contributed by atoms with E-state index in [-0.39, 0.29) is 5.75 Å². The number of benzene rings is 1. The van der Waals surface area contributed by atoms with Crippen LogP contribution in [0.1, 0.15) is 5.56 Å². The van der Waals surface area contributed by atoms with E-state index in [0.29, 0.717) is 6.42 Å². The fraction of sp³-hybridized carbons (Fsp3) is 0.455. The monoisotopic (exact) mass is 212 g/mol. The molecule has 1 rings (SSSR count). The molecule has 0 aliphatic carbocycles. The average molecular weight is 212 g/mol. The van der Waals surface area contributed by atoms with E-state index < -0.39 is 12.4 Å². The van der Waals surface area contributed by atoms with Gasteiger partial charge in [0.2, 0.25) is 0 Å². The highest BCUT2D eigenvalue weighted by molar-refractivity contribution is 5.26. The number of hydrogen-bond donors (Lipinski definition) is 2. The number of ether oxygens (including phenoxy) is 2. The zero-order chi connectivity index (χ0) is 11.3. The third-order valence-electron chi connectivity index (χ3n) is 2.16. The van der Waals surface area contributed by atoms with Crippen LogP contribution in [0, 0.1) is 0 Å². The van der Waals surface area contributed by atoms with Crippen LogP contribution < -0.4 is 0 Å². The lowest BCUT2D eigenvalue weighted by Crippen LogP contribution is -2.31. The number of aromatic hydroxyl groups is 1. The van der Waals surface area contributed by atoms with Gasteiger partial charge in [0, 0.05) is 20.6 Å². The van der Waals surface area contributed by atoms with E-state index in [1.807, 2.05) is 0 Å². The number of aliphatic hydroxyl groups is 1. The minimum atomic E-state index is -0.718. The Kier molecular flexibility index (Phi) is 4.55.